The Kier molecular flexibility index (Phi) is 3.76. The van der Waals surface area contributed by atoms with Gasteiger partial charge in [0.2, 0.25) is 0 Å². The Morgan fingerprint density at radius 3 is 2.30 bits per heavy atom. The molecule has 2 heterocycles. The third kappa shape index (κ3) is 2.94. The van der Waals surface area contributed by atoms with Crippen LogP contribution in [0.3, 0.4) is 0 Å². The van der Waals surface area contributed by atoms with Gasteiger partial charge in [-0.1, -0.05) is 34.6 Å². The maximum atomic E-state index is 12.6. The summed E-state index contributed by atoms with van der Waals surface area (Å²) in [5.74, 6) is 1.60. The normalized spacial score (nSPS) is 23.1. The first-order valence-corrected chi connectivity index (χ1v) is 7.26. The third-order valence-electron chi connectivity index (χ3n) is 4.14. The Balaban J connectivity index is 2.29. The van der Waals surface area contributed by atoms with Crippen LogP contribution in [0.4, 0.5) is 5.82 Å². The zero-order chi connectivity index (χ0) is 15.1. The minimum atomic E-state index is -0.115. The maximum absolute atomic E-state index is 12.6. The summed E-state index contributed by atoms with van der Waals surface area (Å²) < 4.78 is 0. The van der Waals surface area contributed by atoms with Gasteiger partial charge in [0.15, 0.2) is 0 Å². The second-order valence-electron chi connectivity index (χ2n) is 7.08. The number of nitrogens with zero attached hydrogens (tertiary/aromatic N) is 2. The fourth-order valence-corrected chi connectivity index (χ4v) is 2.54. The number of carbonyl (C=O) groups is 1. The molecule has 0 aromatic carbocycles. The molecule has 0 aliphatic carbocycles. The molecule has 2 atom stereocenters. The molecule has 1 saturated heterocycles. The van der Waals surface area contributed by atoms with Gasteiger partial charge in [-0.2, -0.15) is 0 Å². The van der Waals surface area contributed by atoms with Crippen LogP contribution in [-0.4, -0.2) is 28.9 Å². The second kappa shape index (κ2) is 5.08. The van der Waals surface area contributed by atoms with E-state index in [1.807, 2.05) is 11.0 Å². The lowest BCUT2D eigenvalue weighted by Crippen LogP contribution is -2.29. The smallest absolute Gasteiger partial charge is 0.254 e. The second-order valence-corrected chi connectivity index (χ2v) is 7.08. The van der Waals surface area contributed by atoms with Crippen LogP contribution in [0, 0.1) is 11.8 Å². The van der Waals surface area contributed by atoms with Crippen LogP contribution in [0.15, 0.2) is 12.1 Å². The van der Waals surface area contributed by atoms with Crippen molar-refractivity contribution in [1.29, 1.82) is 0 Å². The summed E-state index contributed by atoms with van der Waals surface area (Å²) in [6.45, 7) is 12.3. The molecule has 4 heteroatoms. The fraction of sp³-hybridized carbons (Fsp3) is 0.625. The van der Waals surface area contributed by atoms with E-state index in [-0.39, 0.29) is 11.3 Å². The van der Waals surface area contributed by atoms with Crippen molar-refractivity contribution in [1.82, 2.24) is 9.88 Å². The molecule has 1 aromatic rings. The Morgan fingerprint density at radius 1 is 1.25 bits per heavy atom. The van der Waals surface area contributed by atoms with E-state index in [9.17, 15) is 4.79 Å². The van der Waals surface area contributed by atoms with E-state index < -0.39 is 0 Å². The van der Waals surface area contributed by atoms with Gasteiger partial charge < -0.3 is 10.6 Å². The quantitative estimate of drug-likeness (QED) is 0.857. The van der Waals surface area contributed by atoms with Crippen molar-refractivity contribution >= 4 is 11.7 Å². The van der Waals surface area contributed by atoms with Crippen molar-refractivity contribution in [3.8, 4) is 0 Å². The molecule has 2 rings (SSSR count). The number of likely N-dealkylation sites (tertiary alicyclic amines) is 1. The summed E-state index contributed by atoms with van der Waals surface area (Å²) in [6.07, 6.45) is 0. The number of pyridine rings is 1. The first-order valence-electron chi connectivity index (χ1n) is 7.26. The molecule has 0 saturated carbocycles. The molecular formula is C16H25N3O. The average molecular weight is 275 g/mol. The molecular weight excluding hydrogens is 250 g/mol. The summed E-state index contributed by atoms with van der Waals surface area (Å²) in [5, 5.41) is 0. The van der Waals surface area contributed by atoms with E-state index in [2.05, 4.69) is 39.6 Å². The van der Waals surface area contributed by atoms with Crippen molar-refractivity contribution < 1.29 is 4.79 Å². The van der Waals surface area contributed by atoms with E-state index in [1.54, 1.807) is 6.07 Å². The van der Waals surface area contributed by atoms with Gasteiger partial charge in [-0.05, 0) is 24.0 Å². The minimum absolute atomic E-state index is 0.0702. The maximum Gasteiger partial charge on any atom is 0.254 e. The Morgan fingerprint density at radius 2 is 1.80 bits per heavy atom. The Bertz CT molecular complexity index is 509. The number of anilines is 1. The zero-order valence-corrected chi connectivity index (χ0v) is 13.1. The van der Waals surface area contributed by atoms with E-state index in [4.69, 9.17) is 5.73 Å². The molecule has 0 bridgehead atoms. The predicted octanol–water partition coefficient (Wildman–Crippen LogP) is 2.69. The highest BCUT2D eigenvalue weighted by atomic mass is 16.2. The van der Waals surface area contributed by atoms with Gasteiger partial charge in [-0.25, -0.2) is 4.98 Å². The molecule has 1 aliphatic heterocycles. The standard InChI is InChI=1S/C16H25N3O/c1-10-8-19(9-11(10)2)15(20)12-6-13(16(3,4)5)18-14(17)7-12/h6-7,10-11H,8-9H2,1-5H3,(H2,17,18). The lowest BCUT2D eigenvalue weighted by Gasteiger charge is -2.21. The van der Waals surface area contributed by atoms with Crippen LogP contribution < -0.4 is 5.73 Å². The average Bonchev–Trinajstić information content (AvgIpc) is 2.67. The number of nitrogen functional groups attached to an aromatic ring is 1. The van der Waals surface area contributed by atoms with Gasteiger partial charge in [0.05, 0.1) is 0 Å². The highest BCUT2D eigenvalue weighted by Gasteiger charge is 2.30. The molecule has 4 nitrogen and oxygen atoms in total. The summed E-state index contributed by atoms with van der Waals surface area (Å²) in [6, 6.07) is 3.57. The Labute approximate surface area is 121 Å². The largest absolute Gasteiger partial charge is 0.384 e. The summed E-state index contributed by atoms with van der Waals surface area (Å²) in [5.41, 5.74) is 7.27. The van der Waals surface area contributed by atoms with Gasteiger partial charge in [0, 0.05) is 29.8 Å². The number of amides is 1. The van der Waals surface area contributed by atoms with Gasteiger partial charge in [-0.15, -0.1) is 0 Å². The van der Waals surface area contributed by atoms with E-state index in [0.717, 1.165) is 18.8 Å². The number of hydrogen-bond acceptors (Lipinski definition) is 3. The fourth-order valence-electron chi connectivity index (χ4n) is 2.54. The SMILES string of the molecule is CC1CN(C(=O)c2cc(N)nc(C(C)(C)C)c2)CC1C. The topological polar surface area (TPSA) is 59.2 Å². The first-order chi connectivity index (χ1) is 9.18. The summed E-state index contributed by atoms with van der Waals surface area (Å²) in [4.78, 5) is 18.9. The number of rotatable bonds is 1. The monoisotopic (exact) mass is 275 g/mol. The van der Waals surface area contributed by atoms with E-state index >= 15 is 0 Å². The first kappa shape index (κ1) is 14.8. The molecule has 1 aliphatic rings. The van der Waals surface area contributed by atoms with Crippen molar-refractivity contribution in [3.05, 3.63) is 23.4 Å². The van der Waals surface area contributed by atoms with Gasteiger partial charge >= 0.3 is 0 Å². The molecule has 1 amide bonds. The van der Waals surface area contributed by atoms with Crippen molar-refractivity contribution in [2.45, 2.75) is 40.0 Å². The van der Waals surface area contributed by atoms with Crippen molar-refractivity contribution in [2.24, 2.45) is 11.8 Å². The minimum Gasteiger partial charge on any atom is -0.384 e. The van der Waals surface area contributed by atoms with Crippen LogP contribution in [0.1, 0.15) is 50.7 Å². The lowest BCUT2D eigenvalue weighted by molar-refractivity contribution is 0.0784. The predicted molar refractivity (Wildman–Crippen MR) is 81.6 cm³/mol. The van der Waals surface area contributed by atoms with Crippen molar-refractivity contribution in [2.75, 3.05) is 18.8 Å². The lowest BCUT2D eigenvalue weighted by atomic mass is 9.90. The molecule has 0 spiro atoms. The highest BCUT2D eigenvalue weighted by molar-refractivity contribution is 5.95. The molecule has 0 radical (unpaired) electrons. The van der Waals surface area contributed by atoms with Gasteiger partial charge in [0.1, 0.15) is 5.82 Å². The van der Waals surface area contributed by atoms with E-state index in [1.165, 1.54) is 0 Å². The van der Waals surface area contributed by atoms with Crippen LogP contribution in [0.25, 0.3) is 0 Å². The molecule has 1 aromatic heterocycles. The zero-order valence-electron chi connectivity index (χ0n) is 13.1. The Hall–Kier alpha value is -1.58. The number of carbonyl (C=O) groups excluding carboxylic acids is 1. The third-order valence-corrected chi connectivity index (χ3v) is 4.14. The van der Waals surface area contributed by atoms with E-state index in [0.29, 0.717) is 23.2 Å². The number of aromatic nitrogens is 1. The van der Waals surface area contributed by atoms with Gasteiger partial charge in [0.25, 0.3) is 5.91 Å². The highest BCUT2D eigenvalue weighted by Crippen LogP contribution is 2.26. The van der Waals surface area contributed by atoms with Crippen LogP contribution in [0.5, 0.6) is 0 Å². The van der Waals surface area contributed by atoms with Crippen molar-refractivity contribution in [3.63, 3.8) is 0 Å². The van der Waals surface area contributed by atoms with Crippen LogP contribution in [-0.2, 0) is 5.41 Å². The summed E-state index contributed by atoms with van der Waals surface area (Å²) >= 11 is 0. The van der Waals surface area contributed by atoms with Gasteiger partial charge in [-0.3, -0.25) is 4.79 Å². The molecule has 20 heavy (non-hydrogen) atoms. The molecule has 1 fully saturated rings. The molecule has 110 valence electrons. The van der Waals surface area contributed by atoms with Crippen LogP contribution in [0.2, 0.25) is 0 Å². The molecule has 2 unspecified atom stereocenters. The number of hydrogen-bond donors (Lipinski definition) is 1. The molecule has 2 N–H and O–H groups in total. The summed E-state index contributed by atoms with van der Waals surface area (Å²) in [7, 11) is 0. The van der Waals surface area contributed by atoms with Crippen LogP contribution >= 0.6 is 0 Å². The number of nitrogens with two attached hydrogens (primary N) is 1.